The molecule has 2 rings (SSSR count). The van der Waals surface area contributed by atoms with Crippen molar-refractivity contribution in [3.63, 3.8) is 0 Å². The highest BCUT2D eigenvalue weighted by Gasteiger charge is 2.05. The number of nitrogens with two attached hydrogens (primary N) is 1. The Morgan fingerprint density at radius 1 is 1.13 bits per heavy atom. The van der Waals surface area contributed by atoms with Gasteiger partial charge in [-0.1, -0.05) is 18.2 Å². The lowest BCUT2D eigenvalue weighted by atomic mass is 10.2. The highest BCUT2D eigenvalue weighted by molar-refractivity contribution is 5.76. The molecule has 1 aromatic heterocycles. The molecule has 0 aliphatic rings. The highest BCUT2D eigenvalue weighted by atomic mass is 16.1. The molecule has 0 aliphatic heterocycles. The fourth-order valence-corrected chi connectivity index (χ4v) is 1.58. The normalized spacial score (nSPS) is 10.1. The summed E-state index contributed by atoms with van der Waals surface area (Å²) in [6, 6.07) is 13.7. The number of hydrogen-bond donors (Lipinski definition) is 1. The summed E-state index contributed by atoms with van der Waals surface area (Å²) in [5.41, 5.74) is 7.13. The van der Waals surface area contributed by atoms with E-state index in [1.54, 1.807) is 0 Å². The van der Waals surface area contributed by atoms with Crippen LogP contribution >= 0.6 is 0 Å². The third kappa shape index (κ3) is 2.07. The molecule has 0 saturated carbocycles. The Kier molecular flexibility index (Phi) is 2.54. The first-order valence-corrected chi connectivity index (χ1v) is 4.77. The Morgan fingerprint density at radius 3 is 2.53 bits per heavy atom. The van der Waals surface area contributed by atoms with Crippen LogP contribution in [0.15, 0.2) is 48.7 Å². The molecule has 0 spiro atoms. The molecule has 1 aromatic carbocycles. The Balaban J connectivity index is 2.37. The quantitative estimate of drug-likeness (QED) is 0.802. The van der Waals surface area contributed by atoms with E-state index in [-0.39, 0.29) is 12.3 Å². The summed E-state index contributed by atoms with van der Waals surface area (Å²) in [5.74, 6) is -0.314. The molecule has 0 unspecified atom stereocenters. The van der Waals surface area contributed by atoms with E-state index < -0.39 is 0 Å². The molecule has 3 nitrogen and oxygen atoms in total. The Morgan fingerprint density at radius 2 is 1.87 bits per heavy atom. The molecule has 1 amide bonds. The first-order valence-electron chi connectivity index (χ1n) is 4.77. The maximum Gasteiger partial charge on any atom is 0.223 e. The average molecular weight is 200 g/mol. The molecule has 3 heteroatoms. The molecule has 0 fully saturated rings. The zero-order valence-electron chi connectivity index (χ0n) is 8.26. The zero-order chi connectivity index (χ0) is 10.7. The van der Waals surface area contributed by atoms with E-state index in [0.29, 0.717) is 0 Å². The minimum Gasteiger partial charge on any atom is -0.369 e. The van der Waals surface area contributed by atoms with Crippen molar-refractivity contribution < 1.29 is 4.79 Å². The summed E-state index contributed by atoms with van der Waals surface area (Å²) in [6.07, 6.45) is 2.19. The average Bonchev–Trinajstić information content (AvgIpc) is 2.66. The topological polar surface area (TPSA) is 48.0 Å². The van der Waals surface area contributed by atoms with E-state index in [2.05, 4.69) is 0 Å². The van der Waals surface area contributed by atoms with Gasteiger partial charge in [0.25, 0.3) is 0 Å². The van der Waals surface area contributed by atoms with Gasteiger partial charge in [0.2, 0.25) is 5.91 Å². The van der Waals surface area contributed by atoms with Gasteiger partial charge in [0, 0.05) is 17.6 Å². The van der Waals surface area contributed by atoms with Gasteiger partial charge >= 0.3 is 0 Å². The molecular weight excluding hydrogens is 188 g/mol. The van der Waals surface area contributed by atoms with Crippen LogP contribution in [0, 0.1) is 0 Å². The van der Waals surface area contributed by atoms with Crippen LogP contribution in [0.4, 0.5) is 0 Å². The molecule has 0 radical (unpaired) electrons. The smallest absolute Gasteiger partial charge is 0.223 e. The number of hydrogen-bond acceptors (Lipinski definition) is 1. The summed E-state index contributed by atoms with van der Waals surface area (Å²) < 4.78 is 1.96. The number of amides is 1. The third-order valence-electron chi connectivity index (χ3n) is 2.22. The van der Waals surface area contributed by atoms with E-state index in [1.807, 2.05) is 53.2 Å². The van der Waals surface area contributed by atoms with Gasteiger partial charge in [0.15, 0.2) is 0 Å². The molecule has 15 heavy (non-hydrogen) atoms. The summed E-state index contributed by atoms with van der Waals surface area (Å²) >= 11 is 0. The number of carbonyl (C=O) groups is 1. The first kappa shape index (κ1) is 9.52. The fraction of sp³-hybridized carbons (Fsp3) is 0.0833. The van der Waals surface area contributed by atoms with E-state index in [0.717, 1.165) is 11.4 Å². The maximum absolute atomic E-state index is 10.9. The lowest BCUT2D eigenvalue weighted by Gasteiger charge is -2.07. The van der Waals surface area contributed by atoms with Crippen LogP contribution in [0.5, 0.6) is 0 Å². The number of rotatable bonds is 3. The zero-order valence-corrected chi connectivity index (χ0v) is 8.26. The van der Waals surface area contributed by atoms with Crippen LogP contribution in [0.3, 0.4) is 0 Å². The lowest BCUT2D eigenvalue weighted by molar-refractivity contribution is -0.117. The second kappa shape index (κ2) is 4.00. The molecule has 2 aromatic rings. The van der Waals surface area contributed by atoms with Gasteiger partial charge in [-0.05, 0) is 24.3 Å². The second-order valence-corrected chi connectivity index (χ2v) is 3.35. The molecule has 76 valence electrons. The maximum atomic E-state index is 10.9. The van der Waals surface area contributed by atoms with Gasteiger partial charge < -0.3 is 10.3 Å². The molecule has 0 aliphatic carbocycles. The van der Waals surface area contributed by atoms with Gasteiger partial charge in [0.05, 0.1) is 6.42 Å². The molecule has 1 heterocycles. The third-order valence-corrected chi connectivity index (χ3v) is 2.22. The predicted molar refractivity (Wildman–Crippen MR) is 58.7 cm³/mol. The van der Waals surface area contributed by atoms with Crippen LogP contribution in [0.25, 0.3) is 5.69 Å². The number of benzene rings is 1. The number of carbonyl (C=O) groups excluding carboxylic acids is 1. The van der Waals surface area contributed by atoms with Crippen molar-refractivity contribution in [3.8, 4) is 5.69 Å². The van der Waals surface area contributed by atoms with E-state index in [1.165, 1.54) is 0 Å². The molecule has 2 N–H and O–H groups in total. The number of aromatic nitrogens is 1. The molecular formula is C12H12N2O. The SMILES string of the molecule is NC(=O)Cc1cccn1-c1ccccc1. The van der Waals surface area contributed by atoms with Crippen molar-refractivity contribution in [2.45, 2.75) is 6.42 Å². The van der Waals surface area contributed by atoms with Crippen molar-refractivity contribution in [2.75, 3.05) is 0 Å². The van der Waals surface area contributed by atoms with Gasteiger partial charge in [0.1, 0.15) is 0 Å². The molecule has 0 saturated heterocycles. The van der Waals surface area contributed by atoms with Gasteiger partial charge in [-0.3, -0.25) is 4.79 Å². The fourth-order valence-electron chi connectivity index (χ4n) is 1.58. The van der Waals surface area contributed by atoms with Crippen LogP contribution in [0.1, 0.15) is 5.69 Å². The summed E-state index contributed by atoms with van der Waals surface area (Å²) in [7, 11) is 0. The molecule has 0 atom stereocenters. The van der Waals surface area contributed by atoms with E-state index in [4.69, 9.17) is 5.73 Å². The van der Waals surface area contributed by atoms with Crippen LogP contribution < -0.4 is 5.73 Å². The van der Waals surface area contributed by atoms with Gasteiger partial charge in [-0.25, -0.2) is 0 Å². The number of primary amides is 1. The van der Waals surface area contributed by atoms with E-state index in [9.17, 15) is 4.79 Å². The Labute approximate surface area is 88.1 Å². The summed E-state index contributed by atoms with van der Waals surface area (Å²) in [4.78, 5) is 10.9. The number of para-hydroxylation sites is 1. The second-order valence-electron chi connectivity index (χ2n) is 3.35. The number of nitrogens with zero attached hydrogens (tertiary/aromatic N) is 1. The lowest BCUT2D eigenvalue weighted by Crippen LogP contribution is -2.15. The van der Waals surface area contributed by atoms with Crippen molar-refractivity contribution in [3.05, 3.63) is 54.4 Å². The Bertz CT molecular complexity index is 459. The Hall–Kier alpha value is -2.03. The largest absolute Gasteiger partial charge is 0.369 e. The van der Waals surface area contributed by atoms with Crippen molar-refractivity contribution in [2.24, 2.45) is 5.73 Å². The van der Waals surface area contributed by atoms with E-state index >= 15 is 0 Å². The van der Waals surface area contributed by atoms with Crippen molar-refractivity contribution in [1.29, 1.82) is 0 Å². The van der Waals surface area contributed by atoms with Gasteiger partial charge in [-0.2, -0.15) is 0 Å². The van der Waals surface area contributed by atoms with Crippen LogP contribution in [0.2, 0.25) is 0 Å². The van der Waals surface area contributed by atoms with Crippen LogP contribution in [-0.4, -0.2) is 10.5 Å². The van der Waals surface area contributed by atoms with Crippen molar-refractivity contribution >= 4 is 5.91 Å². The van der Waals surface area contributed by atoms with Crippen LogP contribution in [-0.2, 0) is 11.2 Å². The summed E-state index contributed by atoms with van der Waals surface area (Å²) in [5, 5.41) is 0. The molecule has 0 bridgehead atoms. The minimum atomic E-state index is -0.314. The minimum absolute atomic E-state index is 0.266. The predicted octanol–water partition coefficient (Wildman–Crippen LogP) is 1.51. The summed E-state index contributed by atoms with van der Waals surface area (Å²) in [6.45, 7) is 0. The van der Waals surface area contributed by atoms with Crippen molar-refractivity contribution in [1.82, 2.24) is 4.57 Å². The monoisotopic (exact) mass is 200 g/mol. The first-order chi connectivity index (χ1) is 7.27. The van der Waals surface area contributed by atoms with Gasteiger partial charge in [-0.15, -0.1) is 0 Å². The standard InChI is InChI=1S/C12H12N2O/c13-12(15)9-11-7-4-8-14(11)10-5-2-1-3-6-10/h1-8H,9H2,(H2,13,15). The highest BCUT2D eigenvalue weighted by Crippen LogP contribution is 2.12.